The third kappa shape index (κ3) is 3.14. The van der Waals surface area contributed by atoms with E-state index in [2.05, 4.69) is 74.0 Å². The van der Waals surface area contributed by atoms with Crippen molar-refractivity contribution < 1.29 is 9.90 Å². The third-order valence-corrected chi connectivity index (χ3v) is 12.2. The van der Waals surface area contributed by atoms with Crippen LogP contribution < -0.4 is 3.53 Å². The molecule has 1 spiro atoms. The second-order valence-electron chi connectivity index (χ2n) is 8.57. The number of alkyl halides is 1. The van der Waals surface area contributed by atoms with E-state index in [0.29, 0.717) is 0 Å². The van der Waals surface area contributed by atoms with Crippen molar-refractivity contribution in [2.45, 2.75) is 15.3 Å². The minimum atomic E-state index is -2.08. The van der Waals surface area contributed by atoms with Crippen LogP contribution in [-0.2, 0) is 4.79 Å². The molecular weight excluding hydrogens is 521 g/mol. The molecule has 0 aromatic heterocycles. The van der Waals surface area contributed by atoms with Gasteiger partial charge in [0.2, 0.25) is 0 Å². The number of aliphatic carboxylic acids is 1. The summed E-state index contributed by atoms with van der Waals surface area (Å²) >= 11 is -2.08. The first-order valence-corrected chi connectivity index (χ1v) is 14.2. The van der Waals surface area contributed by atoms with Gasteiger partial charge in [0.25, 0.3) is 0 Å². The molecule has 6 rings (SSSR count). The number of benzene rings is 4. The van der Waals surface area contributed by atoms with E-state index >= 15 is 0 Å². The van der Waals surface area contributed by atoms with Crippen LogP contribution in [0.15, 0.2) is 103 Å². The molecule has 4 aromatic rings. The van der Waals surface area contributed by atoms with Gasteiger partial charge in [-0.1, -0.05) is 0 Å². The predicted molar refractivity (Wildman–Crippen MR) is 142 cm³/mol. The fourth-order valence-electron chi connectivity index (χ4n) is 5.35. The van der Waals surface area contributed by atoms with Gasteiger partial charge in [0.15, 0.2) is 0 Å². The van der Waals surface area contributed by atoms with E-state index in [1.54, 1.807) is 0 Å². The third-order valence-electron chi connectivity index (χ3n) is 6.83. The fraction of sp³-hybridized carbons (Fsp3) is 0.138. The Bertz CT molecular complexity index is 1360. The number of nitrogens with one attached hydrogen (secondary N) is 1. The molecular formula is C29H22INO2. The normalized spacial score (nSPS) is 26.1. The van der Waals surface area contributed by atoms with Gasteiger partial charge in [0, 0.05) is 0 Å². The summed E-state index contributed by atoms with van der Waals surface area (Å²) in [4.78, 5) is 12.5. The average Bonchev–Trinajstić information content (AvgIpc) is 2.82. The van der Waals surface area contributed by atoms with E-state index in [-0.39, 0.29) is 15.3 Å². The maximum atomic E-state index is 12.5. The number of carboxylic acids is 1. The van der Waals surface area contributed by atoms with Gasteiger partial charge >= 0.3 is 201 Å². The standard InChI is InChI=1S/C29H22INO2/c32-28(33)25-26(21-10-3-1-4-11-21)29(27(25)22-12-5-2-6-13-22)17-18-30(29)31-24-16-15-20-9-7-8-14-23(20)19-24/h1-16,19,25-27,31H,(H,32,33)/t25?,26-,27-,29?/m0/s1. The minimum absolute atomic E-state index is 0.110. The van der Waals surface area contributed by atoms with Crippen molar-refractivity contribution in [1.29, 1.82) is 0 Å². The summed E-state index contributed by atoms with van der Waals surface area (Å²) in [5.74, 6) is 2.10. The van der Waals surface area contributed by atoms with Crippen LogP contribution in [0.5, 0.6) is 0 Å². The van der Waals surface area contributed by atoms with Gasteiger partial charge in [-0.3, -0.25) is 0 Å². The number of carbonyl (C=O) groups is 1. The zero-order chi connectivity index (χ0) is 22.4. The van der Waals surface area contributed by atoms with Crippen molar-refractivity contribution in [3.63, 3.8) is 0 Å². The fourth-order valence-corrected chi connectivity index (χ4v) is 10.9. The van der Waals surface area contributed by atoms with Gasteiger partial charge in [0.1, 0.15) is 0 Å². The Balaban J connectivity index is 1.43. The summed E-state index contributed by atoms with van der Waals surface area (Å²) in [5, 5.41) is 12.7. The van der Waals surface area contributed by atoms with Crippen molar-refractivity contribution in [1.82, 2.24) is 0 Å². The van der Waals surface area contributed by atoms with Crippen LogP contribution in [0.25, 0.3) is 10.8 Å². The molecule has 33 heavy (non-hydrogen) atoms. The molecule has 0 bridgehead atoms. The number of fused-ring (bicyclic) bond motifs is 1. The van der Waals surface area contributed by atoms with E-state index in [1.165, 1.54) is 10.8 Å². The predicted octanol–water partition coefficient (Wildman–Crippen LogP) is 6.67. The Hall–Kier alpha value is -3.30. The van der Waals surface area contributed by atoms with E-state index < -0.39 is 32.0 Å². The Morgan fingerprint density at radius 1 is 0.788 bits per heavy atom. The van der Waals surface area contributed by atoms with E-state index in [0.717, 1.165) is 16.8 Å². The second kappa shape index (κ2) is 7.93. The molecule has 1 aliphatic carbocycles. The Morgan fingerprint density at radius 3 is 1.91 bits per heavy atom. The first-order valence-electron chi connectivity index (χ1n) is 11.0. The first-order chi connectivity index (χ1) is 16.2. The van der Waals surface area contributed by atoms with Gasteiger partial charge in [0.05, 0.1) is 0 Å². The van der Waals surface area contributed by atoms with Gasteiger partial charge in [-0.15, -0.1) is 0 Å². The van der Waals surface area contributed by atoms with Crippen molar-refractivity contribution in [3.8, 4) is 9.85 Å². The Kier molecular flexibility index (Phi) is 4.88. The summed E-state index contributed by atoms with van der Waals surface area (Å²) in [6, 6.07) is 35.0. The Morgan fingerprint density at radius 2 is 1.36 bits per heavy atom. The van der Waals surface area contributed by atoms with Gasteiger partial charge in [-0.05, 0) is 0 Å². The molecule has 1 fully saturated rings. The number of rotatable bonds is 5. The first kappa shape index (κ1) is 20.3. The van der Waals surface area contributed by atoms with Gasteiger partial charge in [-0.25, -0.2) is 0 Å². The SMILES string of the molecule is O=C(O)C1[C@H](c2ccccc2)C2(C#CI2Nc2ccc3ccccc3c2)[C@H]1c1ccccc1. The van der Waals surface area contributed by atoms with E-state index in [4.69, 9.17) is 0 Å². The molecule has 0 radical (unpaired) electrons. The topological polar surface area (TPSA) is 49.3 Å². The van der Waals surface area contributed by atoms with Crippen molar-refractivity contribution >= 4 is 42.5 Å². The maximum absolute atomic E-state index is 12.5. The number of anilines is 1. The molecule has 0 saturated heterocycles. The molecule has 1 aliphatic heterocycles. The molecule has 0 amide bonds. The summed E-state index contributed by atoms with van der Waals surface area (Å²) in [7, 11) is 0. The molecule has 2 N–H and O–H groups in total. The molecule has 162 valence electrons. The number of hydrogen-bond donors (Lipinski definition) is 2. The summed E-state index contributed by atoms with van der Waals surface area (Å²) in [6.07, 6.45) is 0. The zero-order valence-corrected chi connectivity index (χ0v) is 19.9. The average molecular weight is 543 g/mol. The van der Waals surface area contributed by atoms with Crippen LogP contribution in [0.3, 0.4) is 0 Å². The quantitative estimate of drug-likeness (QED) is 0.128. The Labute approximate surface area is 200 Å². The van der Waals surface area contributed by atoms with E-state index in [1.807, 2.05) is 42.5 Å². The van der Waals surface area contributed by atoms with Gasteiger partial charge < -0.3 is 0 Å². The summed E-state index contributed by atoms with van der Waals surface area (Å²) < 4.78 is 6.99. The molecule has 0 unspecified atom stereocenters. The van der Waals surface area contributed by atoms with Crippen LogP contribution in [0, 0.1) is 15.8 Å². The van der Waals surface area contributed by atoms with Crippen LogP contribution in [0.2, 0.25) is 0 Å². The van der Waals surface area contributed by atoms with Crippen molar-refractivity contribution in [2.75, 3.05) is 3.53 Å². The summed E-state index contributed by atoms with van der Waals surface area (Å²) in [6.45, 7) is 0. The molecule has 1 saturated carbocycles. The number of halogens is 1. The van der Waals surface area contributed by atoms with Gasteiger partial charge in [-0.2, -0.15) is 0 Å². The molecule has 4 heteroatoms. The van der Waals surface area contributed by atoms with Crippen molar-refractivity contribution in [3.05, 3.63) is 114 Å². The van der Waals surface area contributed by atoms with Crippen LogP contribution in [0.4, 0.5) is 5.69 Å². The zero-order valence-electron chi connectivity index (χ0n) is 17.8. The molecule has 3 nitrogen and oxygen atoms in total. The molecule has 4 aromatic carbocycles. The van der Waals surface area contributed by atoms with Crippen LogP contribution >= 0.6 is 20.1 Å². The number of carboxylic acid groups (broad SMARTS) is 1. The summed E-state index contributed by atoms with van der Waals surface area (Å²) in [5.41, 5.74) is 3.23. The monoisotopic (exact) mass is 543 g/mol. The van der Waals surface area contributed by atoms with Crippen LogP contribution in [0.1, 0.15) is 23.0 Å². The van der Waals surface area contributed by atoms with Crippen LogP contribution in [-0.4, -0.2) is 14.5 Å². The molecule has 1 heterocycles. The molecule has 2 atom stereocenters. The van der Waals surface area contributed by atoms with Crippen molar-refractivity contribution in [2.24, 2.45) is 5.92 Å². The molecule has 2 aliphatic rings. The number of hydrogen-bond acceptors (Lipinski definition) is 2. The second-order valence-corrected chi connectivity index (χ2v) is 13.1. The van der Waals surface area contributed by atoms with E-state index in [9.17, 15) is 9.90 Å².